The molecule has 1 aliphatic heterocycles. The zero-order valence-corrected chi connectivity index (χ0v) is 18.5. The third-order valence-electron chi connectivity index (χ3n) is 6.54. The van der Waals surface area contributed by atoms with Gasteiger partial charge in [-0.25, -0.2) is 0 Å². The van der Waals surface area contributed by atoms with E-state index < -0.39 is 5.91 Å². The number of carbonyl (C=O) groups is 1. The molecular formula is C26H33N3O2. The lowest BCUT2D eigenvalue weighted by molar-refractivity contribution is 0.0500. The highest BCUT2D eigenvalue weighted by atomic mass is 16.5. The number of ether oxygens (including phenoxy) is 1. The van der Waals surface area contributed by atoms with E-state index in [9.17, 15) is 4.79 Å². The number of amides is 1. The van der Waals surface area contributed by atoms with Crippen molar-refractivity contribution in [2.24, 2.45) is 11.7 Å². The number of primary amides is 1. The van der Waals surface area contributed by atoms with Crippen molar-refractivity contribution in [1.29, 1.82) is 0 Å². The van der Waals surface area contributed by atoms with Crippen molar-refractivity contribution >= 4 is 16.8 Å². The summed E-state index contributed by atoms with van der Waals surface area (Å²) in [5.41, 5.74) is 8.24. The van der Waals surface area contributed by atoms with Gasteiger partial charge in [0.15, 0.2) is 0 Å². The standard InChI is InChI=1S/C26H33N3O2/c1-19(2)28-13-10-20(11-14-28)17-31-18-25(21-6-4-3-5-7-21)29-15-12-22-8-9-23(26(27)30)16-24(22)29/h3-9,12,15-16,19-20,25H,10-11,13-14,17-18H2,1-2H3,(H2,27,30)/t25-/m0/s1. The monoisotopic (exact) mass is 419 g/mol. The molecule has 0 radical (unpaired) electrons. The van der Waals surface area contributed by atoms with E-state index in [4.69, 9.17) is 10.5 Å². The minimum atomic E-state index is -0.407. The van der Waals surface area contributed by atoms with Gasteiger partial charge in [-0.2, -0.15) is 0 Å². The quantitative estimate of drug-likeness (QED) is 0.586. The topological polar surface area (TPSA) is 60.5 Å². The van der Waals surface area contributed by atoms with Crippen LogP contribution >= 0.6 is 0 Å². The van der Waals surface area contributed by atoms with Gasteiger partial charge in [0, 0.05) is 29.9 Å². The van der Waals surface area contributed by atoms with Gasteiger partial charge < -0.3 is 19.9 Å². The molecule has 0 bridgehead atoms. The highest BCUT2D eigenvalue weighted by Crippen LogP contribution is 2.27. The Morgan fingerprint density at radius 1 is 1.10 bits per heavy atom. The van der Waals surface area contributed by atoms with Crippen molar-refractivity contribution in [3.05, 3.63) is 71.9 Å². The molecule has 1 saturated heterocycles. The molecule has 164 valence electrons. The first-order valence-corrected chi connectivity index (χ1v) is 11.3. The van der Waals surface area contributed by atoms with Crippen LogP contribution < -0.4 is 5.73 Å². The van der Waals surface area contributed by atoms with E-state index in [1.165, 1.54) is 18.4 Å². The average molecular weight is 420 g/mol. The minimum absolute atomic E-state index is 0.0394. The minimum Gasteiger partial charge on any atom is -0.379 e. The lowest BCUT2D eigenvalue weighted by Crippen LogP contribution is -2.39. The smallest absolute Gasteiger partial charge is 0.248 e. The van der Waals surface area contributed by atoms with Crippen LogP contribution in [0.5, 0.6) is 0 Å². The Hall–Kier alpha value is -2.63. The molecule has 0 unspecified atom stereocenters. The van der Waals surface area contributed by atoms with Crippen molar-refractivity contribution in [3.8, 4) is 0 Å². The summed E-state index contributed by atoms with van der Waals surface area (Å²) in [4.78, 5) is 14.3. The number of piperidine rings is 1. The molecule has 1 atom stereocenters. The Labute approximate surface area is 184 Å². The molecule has 31 heavy (non-hydrogen) atoms. The van der Waals surface area contributed by atoms with Crippen molar-refractivity contribution < 1.29 is 9.53 Å². The number of carbonyl (C=O) groups excluding carboxylic acids is 1. The Kier molecular flexibility index (Phi) is 6.73. The van der Waals surface area contributed by atoms with Gasteiger partial charge in [-0.05, 0) is 74.8 Å². The molecule has 0 aliphatic carbocycles. The largest absolute Gasteiger partial charge is 0.379 e. The summed E-state index contributed by atoms with van der Waals surface area (Å²) >= 11 is 0. The maximum atomic E-state index is 11.7. The van der Waals surface area contributed by atoms with Crippen molar-refractivity contribution in [2.75, 3.05) is 26.3 Å². The Bertz CT molecular complexity index is 1000. The van der Waals surface area contributed by atoms with Gasteiger partial charge in [-0.3, -0.25) is 4.79 Å². The molecule has 1 fully saturated rings. The number of nitrogens with two attached hydrogens (primary N) is 1. The number of hydrogen-bond acceptors (Lipinski definition) is 3. The summed E-state index contributed by atoms with van der Waals surface area (Å²) in [5, 5.41) is 1.09. The molecule has 1 amide bonds. The fourth-order valence-corrected chi connectivity index (χ4v) is 4.57. The summed E-state index contributed by atoms with van der Waals surface area (Å²) in [5.74, 6) is 0.212. The number of aromatic nitrogens is 1. The zero-order chi connectivity index (χ0) is 21.8. The van der Waals surface area contributed by atoms with Crippen molar-refractivity contribution in [3.63, 3.8) is 0 Å². The number of hydrogen-bond donors (Lipinski definition) is 1. The van der Waals surface area contributed by atoms with E-state index in [2.05, 4.69) is 59.8 Å². The third-order valence-corrected chi connectivity index (χ3v) is 6.54. The summed E-state index contributed by atoms with van der Waals surface area (Å²) < 4.78 is 8.51. The summed E-state index contributed by atoms with van der Waals surface area (Å²) in [6.45, 7) is 8.25. The second kappa shape index (κ2) is 9.67. The number of fused-ring (bicyclic) bond motifs is 1. The molecule has 1 aliphatic rings. The summed E-state index contributed by atoms with van der Waals surface area (Å²) in [6.07, 6.45) is 4.48. The predicted octanol–water partition coefficient (Wildman–Crippen LogP) is 4.47. The van der Waals surface area contributed by atoms with Gasteiger partial charge in [0.1, 0.15) is 0 Å². The molecule has 0 saturated carbocycles. The van der Waals surface area contributed by atoms with Gasteiger partial charge in [-0.1, -0.05) is 36.4 Å². The van der Waals surface area contributed by atoms with E-state index in [-0.39, 0.29) is 6.04 Å². The highest BCUT2D eigenvalue weighted by Gasteiger charge is 2.22. The van der Waals surface area contributed by atoms with Crippen LogP contribution in [0.4, 0.5) is 0 Å². The van der Waals surface area contributed by atoms with Crippen molar-refractivity contribution in [1.82, 2.24) is 9.47 Å². The van der Waals surface area contributed by atoms with Gasteiger partial charge in [0.25, 0.3) is 0 Å². The van der Waals surface area contributed by atoms with E-state index in [0.29, 0.717) is 24.1 Å². The predicted molar refractivity (Wildman–Crippen MR) is 125 cm³/mol. The van der Waals surface area contributed by atoms with Crippen LogP contribution in [-0.4, -0.2) is 47.7 Å². The Morgan fingerprint density at radius 3 is 2.52 bits per heavy atom. The molecule has 5 nitrogen and oxygen atoms in total. The number of nitrogens with zero attached hydrogens (tertiary/aromatic N) is 2. The first-order valence-electron chi connectivity index (χ1n) is 11.3. The van der Waals surface area contributed by atoms with Crippen LogP contribution in [0.15, 0.2) is 60.8 Å². The molecule has 4 rings (SSSR count). The first kappa shape index (κ1) is 21.6. The zero-order valence-electron chi connectivity index (χ0n) is 18.5. The molecule has 1 aromatic heterocycles. The number of benzene rings is 2. The van der Waals surface area contributed by atoms with Crippen LogP contribution in [0.25, 0.3) is 10.9 Å². The first-order chi connectivity index (χ1) is 15.0. The fourth-order valence-electron chi connectivity index (χ4n) is 4.57. The molecule has 2 heterocycles. The third kappa shape index (κ3) is 5.00. The molecule has 3 aromatic rings. The Balaban J connectivity index is 1.51. The highest BCUT2D eigenvalue weighted by molar-refractivity contribution is 5.97. The second-order valence-electron chi connectivity index (χ2n) is 8.90. The van der Waals surface area contributed by atoms with Crippen LogP contribution in [-0.2, 0) is 4.74 Å². The maximum absolute atomic E-state index is 11.7. The lowest BCUT2D eigenvalue weighted by Gasteiger charge is -2.34. The average Bonchev–Trinajstić information content (AvgIpc) is 3.20. The fraction of sp³-hybridized carbons (Fsp3) is 0.423. The molecule has 2 N–H and O–H groups in total. The van der Waals surface area contributed by atoms with Gasteiger partial charge >= 0.3 is 0 Å². The molecule has 2 aromatic carbocycles. The van der Waals surface area contributed by atoms with Gasteiger partial charge in [-0.15, -0.1) is 0 Å². The van der Waals surface area contributed by atoms with Crippen molar-refractivity contribution in [2.45, 2.75) is 38.8 Å². The molecule has 5 heteroatoms. The second-order valence-corrected chi connectivity index (χ2v) is 8.90. The Morgan fingerprint density at radius 2 is 1.84 bits per heavy atom. The SMILES string of the molecule is CC(C)N1CCC(COC[C@@H](c2ccccc2)n2ccc3ccc(C(N)=O)cc32)CC1. The van der Waals surface area contributed by atoms with Gasteiger partial charge in [0.2, 0.25) is 5.91 Å². The van der Waals surface area contributed by atoms with Crippen LogP contribution in [0.2, 0.25) is 0 Å². The van der Waals surface area contributed by atoms with Gasteiger partial charge in [0.05, 0.1) is 12.6 Å². The van der Waals surface area contributed by atoms with E-state index in [0.717, 1.165) is 30.6 Å². The van der Waals surface area contributed by atoms with Crippen LogP contribution in [0, 0.1) is 5.92 Å². The molecule has 0 spiro atoms. The maximum Gasteiger partial charge on any atom is 0.248 e. The van der Waals surface area contributed by atoms with Crippen LogP contribution in [0.3, 0.4) is 0 Å². The number of likely N-dealkylation sites (tertiary alicyclic amines) is 1. The van der Waals surface area contributed by atoms with E-state index in [1.54, 1.807) is 6.07 Å². The summed E-state index contributed by atoms with van der Waals surface area (Å²) in [6, 6.07) is 18.8. The van der Waals surface area contributed by atoms with Crippen LogP contribution in [0.1, 0.15) is 48.7 Å². The normalized spacial score (nSPS) is 16.7. The number of rotatable bonds is 8. The lowest BCUT2D eigenvalue weighted by atomic mass is 9.97. The van der Waals surface area contributed by atoms with E-state index >= 15 is 0 Å². The molecular weight excluding hydrogens is 386 g/mol. The van der Waals surface area contributed by atoms with E-state index in [1.807, 2.05) is 18.2 Å². The summed E-state index contributed by atoms with van der Waals surface area (Å²) in [7, 11) is 0.